The average Bonchev–Trinajstić information content (AvgIpc) is 3.26. The van der Waals surface area contributed by atoms with Gasteiger partial charge in [-0.05, 0) is 30.0 Å². The average molecular weight is 432 g/mol. The summed E-state index contributed by atoms with van der Waals surface area (Å²) in [5.74, 6) is 0.0410. The lowest BCUT2D eigenvalue weighted by Gasteiger charge is -2.45. The summed E-state index contributed by atoms with van der Waals surface area (Å²) in [6.07, 6.45) is 2.69. The Kier molecular flexibility index (Phi) is 5.57. The van der Waals surface area contributed by atoms with Crippen LogP contribution in [0.5, 0.6) is 0 Å². The first-order chi connectivity index (χ1) is 15.2. The molecule has 2 aromatic carbocycles. The lowest BCUT2D eigenvalue weighted by atomic mass is 9.81. The lowest BCUT2D eigenvalue weighted by molar-refractivity contribution is -0.151. The first kappa shape index (κ1) is 20.3. The van der Waals surface area contributed by atoms with Crippen molar-refractivity contribution in [2.45, 2.75) is 37.5 Å². The normalized spacial score (nSPS) is 20.3. The second-order valence-electron chi connectivity index (χ2n) is 8.40. The number of ether oxygens (including phenoxy) is 1. The van der Waals surface area contributed by atoms with Gasteiger partial charge in [0.05, 0.1) is 10.5 Å². The molecular weight excluding hydrogens is 406 g/mol. The topological polar surface area (TPSA) is 46.6 Å². The SMILES string of the molecule is O=CC1Cc2sc(C(=O)c3ccccc3)cc2C2(CCN(Cc3ccccc3)CC2)O1. The molecule has 4 nitrogen and oxygen atoms in total. The second kappa shape index (κ2) is 8.50. The fraction of sp³-hybridized carbons (Fsp3) is 0.308. The predicted molar refractivity (Wildman–Crippen MR) is 121 cm³/mol. The van der Waals surface area contributed by atoms with E-state index in [4.69, 9.17) is 4.74 Å². The number of hydrogen-bond acceptors (Lipinski definition) is 5. The van der Waals surface area contributed by atoms with Crippen LogP contribution in [0.3, 0.4) is 0 Å². The molecule has 1 spiro atoms. The Morgan fingerprint density at radius 2 is 1.74 bits per heavy atom. The highest BCUT2D eigenvalue weighted by atomic mass is 32.1. The van der Waals surface area contributed by atoms with Gasteiger partial charge in [-0.3, -0.25) is 9.69 Å². The van der Waals surface area contributed by atoms with E-state index in [0.717, 1.165) is 54.1 Å². The van der Waals surface area contributed by atoms with Crippen molar-refractivity contribution in [3.05, 3.63) is 93.2 Å². The quantitative estimate of drug-likeness (QED) is 0.437. The number of piperidine rings is 1. The van der Waals surface area contributed by atoms with Gasteiger partial charge in [0.1, 0.15) is 12.4 Å². The van der Waals surface area contributed by atoms with Crippen molar-refractivity contribution in [3.63, 3.8) is 0 Å². The predicted octanol–water partition coefficient (Wildman–Crippen LogP) is 4.61. The Hall–Kier alpha value is -2.60. The number of hydrogen-bond donors (Lipinski definition) is 0. The molecule has 1 aromatic heterocycles. The summed E-state index contributed by atoms with van der Waals surface area (Å²) < 4.78 is 6.39. The van der Waals surface area contributed by atoms with Gasteiger partial charge in [0.25, 0.3) is 0 Å². The number of rotatable bonds is 5. The number of likely N-dealkylation sites (tertiary alicyclic amines) is 1. The molecule has 31 heavy (non-hydrogen) atoms. The van der Waals surface area contributed by atoms with Crippen molar-refractivity contribution >= 4 is 23.4 Å². The molecule has 0 N–H and O–H groups in total. The Bertz CT molecular complexity index is 1070. The highest BCUT2D eigenvalue weighted by molar-refractivity contribution is 7.14. The van der Waals surface area contributed by atoms with E-state index < -0.39 is 11.7 Å². The summed E-state index contributed by atoms with van der Waals surface area (Å²) in [6.45, 7) is 2.72. The van der Waals surface area contributed by atoms with E-state index in [1.807, 2.05) is 42.5 Å². The zero-order valence-electron chi connectivity index (χ0n) is 17.3. The Morgan fingerprint density at radius 1 is 1.06 bits per heavy atom. The molecule has 2 aliphatic rings. The van der Waals surface area contributed by atoms with E-state index in [2.05, 4.69) is 29.2 Å². The zero-order chi connectivity index (χ0) is 21.3. The first-order valence-electron chi connectivity index (χ1n) is 10.8. The largest absolute Gasteiger partial charge is 0.359 e. The summed E-state index contributed by atoms with van der Waals surface area (Å²) in [7, 11) is 0. The van der Waals surface area contributed by atoms with Crippen LogP contribution in [0.4, 0.5) is 0 Å². The second-order valence-corrected chi connectivity index (χ2v) is 9.53. The molecule has 1 fully saturated rings. The van der Waals surface area contributed by atoms with Gasteiger partial charge >= 0.3 is 0 Å². The highest BCUT2D eigenvalue weighted by Gasteiger charge is 2.45. The van der Waals surface area contributed by atoms with Crippen molar-refractivity contribution in [2.75, 3.05) is 13.1 Å². The molecule has 5 rings (SSSR count). The van der Waals surface area contributed by atoms with E-state index in [1.54, 1.807) is 0 Å². The van der Waals surface area contributed by atoms with Crippen molar-refractivity contribution in [1.82, 2.24) is 4.90 Å². The summed E-state index contributed by atoms with van der Waals surface area (Å²) in [6, 6.07) is 21.9. The molecule has 3 heterocycles. The van der Waals surface area contributed by atoms with Crippen molar-refractivity contribution in [3.8, 4) is 0 Å². The van der Waals surface area contributed by atoms with Gasteiger partial charge in [0.2, 0.25) is 5.78 Å². The molecule has 1 saturated heterocycles. The van der Waals surface area contributed by atoms with Crippen LogP contribution < -0.4 is 0 Å². The fourth-order valence-electron chi connectivity index (χ4n) is 4.76. The van der Waals surface area contributed by atoms with Gasteiger partial charge in [-0.25, -0.2) is 0 Å². The minimum Gasteiger partial charge on any atom is -0.359 e. The summed E-state index contributed by atoms with van der Waals surface area (Å²) in [4.78, 5) is 29.0. The molecule has 0 bridgehead atoms. The summed E-state index contributed by atoms with van der Waals surface area (Å²) >= 11 is 1.53. The van der Waals surface area contributed by atoms with Gasteiger partial charge < -0.3 is 9.53 Å². The molecule has 158 valence electrons. The number of nitrogens with zero attached hydrogens (tertiary/aromatic N) is 1. The Labute approximate surface area is 186 Å². The van der Waals surface area contributed by atoms with Crippen LogP contribution in [0.25, 0.3) is 0 Å². The summed E-state index contributed by atoms with van der Waals surface area (Å²) in [5, 5.41) is 0. The third kappa shape index (κ3) is 4.01. The van der Waals surface area contributed by atoms with Gasteiger partial charge in [0.15, 0.2) is 0 Å². The molecule has 2 aliphatic heterocycles. The van der Waals surface area contributed by atoms with Crippen LogP contribution >= 0.6 is 11.3 Å². The molecule has 0 amide bonds. The van der Waals surface area contributed by atoms with Gasteiger partial charge in [-0.1, -0.05) is 60.7 Å². The number of ketones is 1. The monoisotopic (exact) mass is 431 g/mol. The maximum atomic E-state index is 13.0. The van der Waals surface area contributed by atoms with Crippen LogP contribution in [-0.4, -0.2) is 36.2 Å². The maximum Gasteiger partial charge on any atom is 0.202 e. The van der Waals surface area contributed by atoms with Crippen molar-refractivity contribution in [2.24, 2.45) is 0 Å². The first-order valence-corrected chi connectivity index (χ1v) is 11.6. The van der Waals surface area contributed by atoms with Gasteiger partial charge in [0, 0.05) is 36.5 Å². The number of carbonyl (C=O) groups is 2. The van der Waals surface area contributed by atoms with E-state index in [-0.39, 0.29) is 5.78 Å². The third-order valence-corrected chi connectivity index (χ3v) is 7.54. The van der Waals surface area contributed by atoms with Gasteiger partial charge in [-0.2, -0.15) is 0 Å². The highest BCUT2D eigenvalue weighted by Crippen LogP contribution is 2.46. The minimum atomic E-state index is -0.474. The van der Waals surface area contributed by atoms with Crippen LogP contribution in [0.1, 0.15) is 44.1 Å². The van der Waals surface area contributed by atoms with E-state index in [1.165, 1.54) is 16.9 Å². The lowest BCUT2D eigenvalue weighted by Crippen LogP contribution is -2.48. The molecule has 0 radical (unpaired) electrons. The van der Waals surface area contributed by atoms with Crippen LogP contribution in [0.15, 0.2) is 66.7 Å². The Morgan fingerprint density at radius 3 is 2.42 bits per heavy atom. The fourth-order valence-corrected chi connectivity index (χ4v) is 6.02. The molecule has 1 unspecified atom stereocenters. The zero-order valence-corrected chi connectivity index (χ0v) is 18.1. The van der Waals surface area contributed by atoms with Crippen LogP contribution in [0, 0.1) is 0 Å². The van der Waals surface area contributed by atoms with E-state index in [9.17, 15) is 9.59 Å². The Balaban J connectivity index is 1.40. The minimum absolute atomic E-state index is 0.0410. The molecule has 5 heteroatoms. The van der Waals surface area contributed by atoms with Crippen LogP contribution in [-0.2, 0) is 28.1 Å². The smallest absolute Gasteiger partial charge is 0.202 e. The number of carbonyl (C=O) groups excluding carboxylic acids is 2. The van der Waals surface area contributed by atoms with Crippen molar-refractivity contribution < 1.29 is 14.3 Å². The van der Waals surface area contributed by atoms with E-state index in [0.29, 0.717) is 12.0 Å². The molecular formula is C26H25NO3S. The molecule has 1 atom stereocenters. The number of fused-ring (bicyclic) bond motifs is 2. The molecule has 0 saturated carbocycles. The maximum absolute atomic E-state index is 13.0. The standard InChI is InChI=1S/C26H25NO3S/c28-18-21-15-23-22(16-24(31-23)25(29)20-9-5-2-6-10-20)26(30-21)11-13-27(14-12-26)17-19-7-3-1-4-8-19/h1-10,16,18,21H,11-15,17H2. The van der Waals surface area contributed by atoms with Crippen LogP contribution in [0.2, 0.25) is 0 Å². The number of benzene rings is 2. The van der Waals surface area contributed by atoms with E-state index >= 15 is 0 Å². The van der Waals surface area contributed by atoms with Gasteiger partial charge in [-0.15, -0.1) is 11.3 Å². The van der Waals surface area contributed by atoms with Crippen molar-refractivity contribution in [1.29, 1.82) is 0 Å². The summed E-state index contributed by atoms with van der Waals surface area (Å²) in [5.41, 5.74) is 2.65. The number of aldehydes is 1. The third-order valence-electron chi connectivity index (χ3n) is 6.39. The number of thiophene rings is 1. The molecule has 0 aliphatic carbocycles. The molecule has 3 aromatic rings.